The topological polar surface area (TPSA) is 108 Å². The van der Waals surface area contributed by atoms with Gasteiger partial charge < -0.3 is 20.5 Å². The number of hydrogen-bond acceptors (Lipinski definition) is 6. The highest BCUT2D eigenvalue weighted by Crippen LogP contribution is 2.38. The number of thiophene rings is 1. The first-order valence-corrected chi connectivity index (χ1v) is 7.23. The standard InChI is InChI=1S/C13H16N2O5S/c1-19-6-10(17)20-5-9(16)15-13-11(12(14)18)7-3-2-4-8(7)21-13/h2-6H2,1H3,(H2,14,18)(H,15,16). The average Bonchev–Trinajstić information content (AvgIpc) is 2.96. The molecule has 0 radical (unpaired) electrons. The van der Waals surface area contributed by atoms with Crippen molar-refractivity contribution < 1.29 is 23.9 Å². The summed E-state index contributed by atoms with van der Waals surface area (Å²) in [5.74, 6) is -1.69. The molecule has 1 aliphatic carbocycles. The van der Waals surface area contributed by atoms with E-state index in [4.69, 9.17) is 10.5 Å². The molecule has 0 aromatic carbocycles. The highest BCUT2D eigenvalue weighted by molar-refractivity contribution is 7.17. The summed E-state index contributed by atoms with van der Waals surface area (Å²) < 4.78 is 9.29. The first kappa shape index (κ1) is 15.5. The second-order valence-electron chi connectivity index (χ2n) is 4.57. The van der Waals surface area contributed by atoms with Crippen LogP contribution in [0.3, 0.4) is 0 Å². The second-order valence-corrected chi connectivity index (χ2v) is 5.67. The van der Waals surface area contributed by atoms with Crippen LogP contribution in [-0.2, 0) is 31.9 Å². The second kappa shape index (κ2) is 6.68. The smallest absolute Gasteiger partial charge is 0.332 e. The first-order valence-electron chi connectivity index (χ1n) is 6.41. The van der Waals surface area contributed by atoms with Gasteiger partial charge in [0.15, 0.2) is 6.61 Å². The Bertz CT molecular complexity index is 581. The quantitative estimate of drug-likeness (QED) is 0.742. The number of fused-ring (bicyclic) bond motifs is 1. The van der Waals surface area contributed by atoms with E-state index in [9.17, 15) is 14.4 Å². The van der Waals surface area contributed by atoms with Gasteiger partial charge in [0.05, 0.1) is 5.56 Å². The minimum Gasteiger partial charge on any atom is -0.454 e. The maximum atomic E-state index is 11.7. The van der Waals surface area contributed by atoms with Gasteiger partial charge in [-0.2, -0.15) is 0 Å². The summed E-state index contributed by atoms with van der Waals surface area (Å²) in [6, 6.07) is 0. The fraction of sp³-hybridized carbons (Fsp3) is 0.462. The van der Waals surface area contributed by atoms with Crippen LogP contribution in [0.4, 0.5) is 5.00 Å². The van der Waals surface area contributed by atoms with Crippen LogP contribution in [0.15, 0.2) is 0 Å². The first-order chi connectivity index (χ1) is 10.0. The summed E-state index contributed by atoms with van der Waals surface area (Å²) >= 11 is 1.35. The van der Waals surface area contributed by atoms with Crippen LogP contribution >= 0.6 is 11.3 Å². The average molecular weight is 312 g/mol. The van der Waals surface area contributed by atoms with E-state index in [2.05, 4.69) is 10.1 Å². The number of nitrogens with two attached hydrogens (primary N) is 1. The fourth-order valence-electron chi connectivity index (χ4n) is 2.22. The van der Waals surface area contributed by atoms with Crippen LogP contribution < -0.4 is 11.1 Å². The van der Waals surface area contributed by atoms with Crippen molar-refractivity contribution in [3.05, 3.63) is 16.0 Å². The molecule has 21 heavy (non-hydrogen) atoms. The molecule has 114 valence electrons. The summed E-state index contributed by atoms with van der Waals surface area (Å²) in [7, 11) is 1.35. The largest absolute Gasteiger partial charge is 0.454 e. The van der Waals surface area contributed by atoms with Gasteiger partial charge in [0.25, 0.3) is 11.8 Å². The van der Waals surface area contributed by atoms with Crippen LogP contribution in [0, 0.1) is 0 Å². The Kier molecular flexibility index (Phi) is 4.92. The zero-order valence-electron chi connectivity index (χ0n) is 11.6. The third kappa shape index (κ3) is 3.59. The van der Waals surface area contributed by atoms with E-state index in [1.165, 1.54) is 18.4 Å². The Morgan fingerprint density at radius 3 is 2.71 bits per heavy atom. The number of carbonyl (C=O) groups excluding carboxylic acids is 3. The molecule has 0 spiro atoms. The lowest BCUT2D eigenvalue weighted by molar-refractivity contribution is -0.150. The van der Waals surface area contributed by atoms with Gasteiger partial charge in [0.2, 0.25) is 0 Å². The lowest BCUT2D eigenvalue weighted by Gasteiger charge is -2.06. The molecule has 2 amide bonds. The highest BCUT2D eigenvalue weighted by Gasteiger charge is 2.26. The van der Waals surface area contributed by atoms with Crippen molar-refractivity contribution in [2.24, 2.45) is 5.73 Å². The Morgan fingerprint density at radius 2 is 2.05 bits per heavy atom. The van der Waals surface area contributed by atoms with Gasteiger partial charge in [-0.3, -0.25) is 9.59 Å². The van der Waals surface area contributed by atoms with Gasteiger partial charge in [-0.05, 0) is 24.8 Å². The molecular weight excluding hydrogens is 296 g/mol. The summed E-state index contributed by atoms with van der Waals surface area (Å²) in [6.07, 6.45) is 2.67. The Balaban J connectivity index is 2.01. The fourth-order valence-corrected chi connectivity index (χ4v) is 3.53. The van der Waals surface area contributed by atoms with E-state index in [0.717, 1.165) is 29.7 Å². The van der Waals surface area contributed by atoms with Crippen molar-refractivity contribution in [3.8, 4) is 0 Å². The molecule has 3 N–H and O–H groups in total. The molecule has 0 bridgehead atoms. The molecule has 0 saturated carbocycles. The van der Waals surface area contributed by atoms with Crippen molar-refractivity contribution in [2.45, 2.75) is 19.3 Å². The molecule has 0 fully saturated rings. The molecule has 2 rings (SSSR count). The summed E-state index contributed by atoms with van der Waals surface area (Å²) in [5, 5.41) is 3.01. The van der Waals surface area contributed by atoms with Crippen LogP contribution in [0.1, 0.15) is 27.2 Å². The summed E-state index contributed by atoms with van der Waals surface area (Å²) in [6.45, 7) is -0.643. The van der Waals surface area contributed by atoms with Crippen molar-refractivity contribution in [1.29, 1.82) is 0 Å². The van der Waals surface area contributed by atoms with E-state index >= 15 is 0 Å². The maximum absolute atomic E-state index is 11.7. The number of esters is 1. The number of primary amides is 1. The van der Waals surface area contributed by atoms with E-state index < -0.39 is 24.4 Å². The van der Waals surface area contributed by atoms with Gasteiger partial charge in [0, 0.05) is 12.0 Å². The molecule has 1 aliphatic rings. The third-order valence-electron chi connectivity index (χ3n) is 3.05. The SMILES string of the molecule is COCC(=O)OCC(=O)Nc1sc2c(c1C(N)=O)CCC2. The van der Waals surface area contributed by atoms with E-state index in [1.807, 2.05) is 0 Å². The third-order valence-corrected chi connectivity index (χ3v) is 4.25. The van der Waals surface area contributed by atoms with Crippen molar-refractivity contribution in [1.82, 2.24) is 0 Å². The molecule has 1 aromatic heterocycles. The number of ether oxygens (including phenoxy) is 2. The highest BCUT2D eigenvalue weighted by atomic mass is 32.1. The van der Waals surface area contributed by atoms with Gasteiger partial charge in [-0.15, -0.1) is 11.3 Å². The minimum atomic E-state index is -0.628. The van der Waals surface area contributed by atoms with E-state index in [1.54, 1.807) is 0 Å². The Hall–Kier alpha value is -1.93. The number of anilines is 1. The number of hydrogen-bond donors (Lipinski definition) is 2. The lowest BCUT2D eigenvalue weighted by Crippen LogP contribution is -2.23. The van der Waals surface area contributed by atoms with Crippen LogP contribution in [-0.4, -0.2) is 38.1 Å². The summed E-state index contributed by atoms with van der Waals surface area (Å²) in [5.41, 5.74) is 6.69. The predicted octanol–water partition coefficient (Wildman–Crippen LogP) is 0.464. The molecule has 0 saturated heterocycles. The molecule has 0 atom stereocenters. The Labute approximate surface area is 125 Å². The van der Waals surface area contributed by atoms with Crippen molar-refractivity contribution in [3.63, 3.8) is 0 Å². The zero-order chi connectivity index (χ0) is 15.4. The predicted molar refractivity (Wildman–Crippen MR) is 76.3 cm³/mol. The maximum Gasteiger partial charge on any atom is 0.332 e. The van der Waals surface area contributed by atoms with E-state index in [0.29, 0.717) is 10.6 Å². The zero-order valence-corrected chi connectivity index (χ0v) is 12.4. The minimum absolute atomic E-state index is 0.215. The molecule has 1 aromatic rings. The number of methoxy groups -OCH3 is 1. The number of rotatable bonds is 6. The number of carbonyl (C=O) groups is 3. The molecular formula is C13H16N2O5S. The van der Waals surface area contributed by atoms with Crippen molar-refractivity contribution >= 4 is 34.1 Å². The Morgan fingerprint density at radius 1 is 1.29 bits per heavy atom. The normalized spacial score (nSPS) is 12.8. The van der Waals surface area contributed by atoms with Gasteiger partial charge in [0.1, 0.15) is 11.6 Å². The number of nitrogens with one attached hydrogen (secondary N) is 1. The van der Waals surface area contributed by atoms with Crippen LogP contribution in [0.5, 0.6) is 0 Å². The molecule has 0 aliphatic heterocycles. The molecule has 7 nitrogen and oxygen atoms in total. The van der Waals surface area contributed by atoms with Crippen LogP contribution in [0.25, 0.3) is 0 Å². The van der Waals surface area contributed by atoms with Gasteiger partial charge in [-0.1, -0.05) is 0 Å². The number of amides is 2. The lowest BCUT2D eigenvalue weighted by atomic mass is 10.1. The molecule has 0 unspecified atom stereocenters. The van der Waals surface area contributed by atoms with Crippen LogP contribution in [0.2, 0.25) is 0 Å². The number of aryl methyl sites for hydroxylation is 1. The summed E-state index contributed by atoms with van der Waals surface area (Å²) in [4.78, 5) is 35.5. The van der Waals surface area contributed by atoms with Crippen molar-refractivity contribution in [2.75, 3.05) is 25.6 Å². The van der Waals surface area contributed by atoms with Gasteiger partial charge >= 0.3 is 5.97 Å². The molecule has 8 heteroatoms. The van der Waals surface area contributed by atoms with Gasteiger partial charge in [-0.25, -0.2) is 4.79 Å². The molecule has 1 heterocycles. The monoisotopic (exact) mass is 312 g/mol. The van der Waals surface area contributed by atoms with E-state index in [-0.39, 0.29) is 6.61 Å².